The van der Waals surface area contributed by atoms with Crippen molar-refractivity contribution in [3.05, 3.63) is 36.9 Å². The van der Waals surface area contributed by atoms with Crippen molar-refractivity contribution < 1.29 is 4.79 Å². The van der Waals surface area contributed by atoms with E-state index in [0.29, 0.717) is 18.6 Å². The first-order valence-corrected chi connectivity index (χ1v) is 8.19. The summed E-state index contributed by atoms with van der Waals surface area (Å²) in [6.07, 6.45) is 12.6. The summed E-state index contributed by atoms with van der Waals surface area (Å²) < 4.78 is 3.76. The average molecular weight is 298 g/mol. The van der Waals surface area contributed by atoms with Crippen LogP contribution < -0.4 is 0 Å². The van der Waals surface area contributed by atoms with E-state index in [1.165, 1.54) is 12.8 Å². The maximum atomic E-state index is 12.7. The van der Waals surface area contributed by atoms with E-state index in [4.69, 9.17) is 0 Å². The molecular formula is C17H22N4O. The highest BCUT2D eigenvalue weighted by Gasteiger charge is 2.41. The molecule has 0 bridgehead atoms. The lowest BCUT2D eigenvalue weighted by Crippen LogP contribution is -2.43. The molecule has 2 fully saturated rings. The number of aromatic nitrogens is 3. The lowest BCUT2D eigenvalue weighted by Gasteiger charge is -2.29. The van der Waals surface area contributed by atoms with Crippen LogP contribution in [0.3, 0.4) is 0 Å². The predicted octanol–water partition coefficient (Wildman–Crippen LogP) is 2.46. The Bertz CT molecular complexity index is 652. The molecule has 0 aliphatic heterocycles. The summed E-state index contributed by atoms with van der Waals surface area (Å²) in [5.74, 6) is 0.932. The monoisotopic (exact) mass is 298 g/mol. The Morgan fingerprint density at radius 1 is 1.32 bits per heavy atom. The van der Waals surface area contributed by atoms with Gasteiger partial charge in [-0.25, -0.2) is 0 Å². The number of rotatable bonds is 6. The number of amides is 1. The molecule has 0 aromatic carbocycles. The molecule has 0 radical (unpaired) electrons. The molecule has 0 N–H and O–H groups in total. The van der Waals surface area contributed by atoms with E-state index >= 15 is 0 Å². The fourth-order valence-electron chi connectivity index (χ4n) is 3.22. The number of nitrogens with zero attached hydrogens (tertiary/aromatic N) is 4. The maximum Gasteiger partial charge on any atom is 0.244 e. The molecule has 1 atom stereocenters. The standard InChI is InChI=1S/C17H22N4O/c1-13(14-4-5-14)21(15-6-7-15)17(22)12-20-11-16(10-18-20)19-8-2-3-9-19/h2-3,8-11,13-15H,4-7,12H2,1H3. The minimum absolute atomic E-state index is 0.212. The van der Waals surface area contributed by atoms with Crippen molar-refractivity contribution >= 4 is 5.91 Å². The van der Waals surface area contributed by atoms with Gasteiger partial charge in [0.25, 0.3) is 0 Å². The largest absolute Gasteiger partial charge is 0.335 e. The lowest BCUT2D eigenvalue weighted by molar-refractivity contribution is -0.135. The zero-order chi connectivity index (χ0) is 15.1. The van der Waals surface area contributed by atoms with E-state index in [1.54, 1.807) is 10.9 Å². The molecule has 2 heterocycles. The Labute approximate surface area is 130 Å². The minimum atomic E-state index is 0.212. The van der Waals surface area contributed by atoms with E-state index in [9.17, 15) is 4.79 Å². The molecule has 0 spiro atoms. The topological polar surface area (TPSA) is 43.1 Å². The Kier molecular flexibility index (Phi) is 3.28. The van der Waals surface area contributed by atoms with Crippen LogP contribution in [0.5, 0.6) is 0 Å². The summed E-state index contributed by atoms with van der Waals surface area (Å²) in [6, 6.07) is 4.82. The van der Waals surface area contributed by atoms with Gasteiger partial charge in [-0.3, -0.25) is 9.48 Å². The molecule has 5 heteroatoms. The van der Waals surface area contributed by atoms with E-state index in [-0.39, 0.29) is 5.91 Å². The third-order valence-corrected chi connectivity index (χ3v) is 4.79. The molecule has 1 amide bonds. The highest BCUT2D eigenvalue weighted by Crippen LogP contribution is 2.39. The first-order valence-electron chi connectivity index (χ1n) is 8.19. The number of hydrogen-bond donors (Lipinski definition) is 0. The number of carbonyl (C=O) groups excluding carboxylic acids is 1. The molecular weight excluding hydrogens is 276 g/mol. The van der Waals surface area contributed by atoms with E-state index < -0.39 is 0 Å². The fourth-order valence-corrected chi connectivity index (χ4v) is 3.22. The third-order valence-electron chi connectivity index (χ3n) is 4.79. The Hall–Kier alpha value is -2.04. The van der Waals surface area contributed by atoms with Crippen molar-refractivity contribution in [3.8, 4) is 5.69 Å². The van der Waals surface area contributed by atoms with Crippen molar-refractivity contribution in [1.29, 1.82) is 0 Å². The van der Waals surface area contributed by atoms with Gasteiger partial charge >= 0.3 is 0 Å². The molecule has 22 heavy (non-hydrogen) atoms. The Balaban J connectivity index is 1.46. The van der Waals surface area contributed by atoms with Crippen LogP contribution in [0.2, 0.25) is 0 Å². The van der Waals surface area contributed by atoms with Crippen LogP contribution in [0.15, 0.2) is 36.9 Å². The molecule has 0 saturated heterocycles. The maximum absolute atomic E-state index is 12.7. The summed E-state index contributed by atoms with van der Waals surface area (Å²) in [5, 5.41) is 4.34. The second kappa shape index (κ2) is 5.30. The zero-order valence-corrected chi connectivity index (χ0v) is 12.9. The molecule has 116 valence electrons. The molecule has 2 aromatic heterocycles. The first-order chi connectivity index (χ1) is 10.7. The number of carbonyl (C=O) groups is 1. The van der Waals surface area contributed by atoms with Crippen LogP contribution in [0, 0.1) is 5.92 Å². The van der Waals surface area contributed by atoms with Gasteiger partial charge in [-0.15, -0.1) is 0 Å². The molecule has 2 aliphatic carbocycles. The minimum Gasteiger partial charge on any atom is -0.335 e. The molecule has 1 unspecified atom stereocenters. The van der Waals surface area contributed by atoms with Gasteiger partial charge in [-0.2, -0.15) is 5.10 Å². The summed E-state index contributed by atoms with van der Waals surface area (Å²) in [5.41, 5.74) is 0.992. The van der Waals surface area contributed by atoms with Gasteiger partial charge in [0.05, 0.1) is 11.9 Å². The van der Waals surface area contributed by atoms with E-state index in [1.807, 2.05) is 35.3 Å². The van der Waals surface area contributed by atoms with Gasteiger partial charge < -0.3 is 9.47 Å². The van der Waals surface area contributed by atoms with E-state index in [2.05, 4.69) is 16.9 Å². The zero-order valence-electron chi connectivity index (χ0n) is 12.9. The second-order valence-electron chi connectivity index (χ2n) is 6.60. The van der Waals surface area contributed by atoms with Crippen molar-refractivity contribution in [2.45, 2.75) is 51.2 Å². The average Bonchev–Trinajstić information content (AvgIpc) is 3.41. The van der Waals surface area contributed by atoms with Crippen molar-refractivity contribution in [3.63, 3.8) is 0 Å². The molecule has 5 nitrogen and oxygen atoms in total. The van der Waals surface area contributed by atoms with Gasteiger partial charge in [-0.05, 0) is 50.7 Å². The lowest BCUT2D eigenvalue weighted by atomic mass is 10.1. The van der Waals surface area contributed by atoms with Crippen LogP contribution in [-0.4, -0.2) is 37.2 Å². The van der Waals surface area contributed by atoms with E-state index in [0.717, 1.165) is 24.4 Å². The molecule has 4 rings (SSSR count). The van der Waals surface area contributed by atoms with Crippen molar-refractivity contribution in [1.82, 2.24) is 19.2 Å². The van der Waals surface area contributed by atoms with Crippen LogP contribution in [0.25, 0.3) is 5.69 Å². The highest BCUT2D eigenvalue weighted by molar-refractivity contribution is 5.77. The summed E-state index contributed by atoms with van der Waals surface area (Å²) in [7, 11) is 0. The smallest absolute Gasteiger partial charge is 0.244 e. The SMILES string of the molecule is CC(C1CC1)N(C(=O)Cn1cc(-n2cccc2)cn1)C1CC1. The Morgan fingerprint density at radius 3 is 2.68 bits per heavy atom. The molecule has 2 aromatic rings. The normalized spacial score (nSPS) is 19.1. The van der Waals surface area contributed by atoms with Crippen molar-refractivity contribution in [2.24, 2.45) is 5.92 Å². The fraction of sp³-hybridized carbons (Fsp3) is 0.529. The van der Waals surface area contributed by atoms with Gasteiger partial charge in [0.15, 0.2) is 0 Å². The van der Waals surface area contributed by atoms with Crippen molar-refractivity contribution in [2.75, 3.05) is 0 Å². The molecule has 2 saturated carbocycles. The number of hydrogen-bond acceptors (Lipinski definition) is 2. The van der Waals surface area contributed by atoms with Crippen LogP contribution in [0.4, 0.5) is 0 Å². The van der Waals surface area contributed by atoms with Crippen LogP contribution in [-0.2, 0) is 11.3 Å². The second-order valence-corrected chi connectivity index (χ2v) is 6.60. The van der Waals surface area contributed by atoms with Gasteiger partial charge in [0.1, 0.15) is 6.54 Å². The Morgan fingerprint density at radius 2 is 2.05 bits per heavy atom. The summed E-state index contributed by atoms with van der Waals surface area (Å²) in [6.45, 7) is 2.55. The summed E-state index contributed by atoms with van der Waals surface area (Å²) in [4.78, 5) is 14.9. The van der Waals surface area contributed by atoms with Crippen LogP contribution >= 0.6 is 0 Å². The predicted molar refractivity (Wildman–Crippen MR) is 83.6 cm³/mol. The first kappa shape index (κ1) is 13.6. The van der Waals surface area contributed by atoms with Crippen LogP contribution in [0.1, 0.15) is 32.6 Å². The third kappa shape index (κ3) is 2.67. The molecule has 2 aliphatic rings. The van der Waals surface area contributed by atoms with Gasteiger partial charge in [-0.1, -0.05) is 0 Å². The van der Waals surface area contributed by atoms with Gasteiger partial charge in [0, 0.05) is 30.7 Å². The highest BCUT2D eigenvalue weighted by atomic mass is 16.2. The summed E-state index contributed by atoms with van der Waals surface area (Å²) >= 11 is 0. The quantitative estimate of drug-likeness (QED) is 0.822. The van der Waals surface area contributed by atoms with Gasteiger partial charge in [0.2, 0.25) is 5.91 Å².